The second-order valence-electron chi connectivity index (χ2n) is 5.48. The van der Waals surface area contributed by atoms with Crippen molar-refractivity contribution in [3.8, 4) is 0 Å². The molecule has 2 heterocycles. The normalized spacial score (nSPS) is 11.0. The molecule has 0 atom stereocenters. The Hall–Kier alpha value is -3.12. The van der Waals surface area contributed by atoms with Gasteiger partial charge in [-0.25, -0.2) is 0 Å². The van der Waals surface area contributed by atoms with Crippen LogP contribution in [0.1, 0.15) is 17.0 Å². The van der Waals surface area contributed by atoms with E-state index in [9.17, 15) is 0 Å². The van der Waals surface area contributed by atoms with Gasteiger partial charge in [0.1, 0.15) is 5.71 Å². The maximum Gasteiger partial charge on any atom is 0.186 e. The van der Waals surface area contributed by atoms with Gasteiger partial charge in [-0.05, 0) is 36.5 Å². The molecule has 0 saturated carbocycles. The first-order chi connectivity index (χ1) is 12.8. The summed E-state index contributed by atoms with van der Waals surface area (Å²) >= 11 is 5.32. The molecule has 3 aromatic rings. The fourth-order valence-electron chi connectivity index (χ4n) is 2.36. The first kappa shape index (κ1) is 17.7. The van der Waals surface area contributed by atoms with E-state index in [0.717, 1.165) is 29.1 Å². The molecule has 0 fully saturated rings. The molecule has 3 rings (SSSR count). The van der Waals surface area contributed by atoms with Crippen molar-refractivity contribution in [2.75, 3.05) is 6.54 Å². The van der Waals surface area contributed by atoms with Crippen molar-refractivity contribution in [3.63, 3.8) is 0 Å². The van der Waals surface area contributed by atoms with Crippen molar-refractivity contribution in [3.05, 3.63) is 96.1 Å². The van der Waals surface area contributed by atoms with Crippen LogP contribution in [-0.2, 0) is 6.42 Å². The lowest BCUT2D eigenvalue weighted by molar-refractivity contribution is 0.819. The molecule has 2 N–H and O–H groups in total. The SMILES string of the molecule is S=C(NCCc1ccccn1)N/N=C(\c1ccccc1)c1ccccn1. The van der Waals surface area contributed by atoms with Crippen LogP contribution < -0.4 is 10.7 Å². The number of nitrogens with zero attached hydrogens (tertiary/aromatic N) is 3. The molecule has 0 aliphatic rings. The molecule has 6 heteroatoms. The minimum absolute atomic E-state index is 0.463. The second kappa shape index (κ2) is 9.39. The fourth-order valence-corrected chi connectivity index (χ4v) is 2.51. The summed E-state index contributed by atoms with van der Waals surface area (Å²) in [5.41, 5.74) is 6.42. The first-order valence-electron chi connectivity index (χ1n) is 8.31. The van der Waals surface area contributed by atoms with Gasteiger partial charge in [0.2, 0.25) is 0 Å². The Kier molecular flexibility index (Phi) is 6.39. The largest absolute Gasteiger partial charge is 0.361 e. The smallest absolute Gasteiger partial charge is 0.186 e. The van der Waals surface area contributed by atoms with Gasteiger partial charge in [0.15, 0.2) is 5.11 Å². The van der Waals surface area contributed by atoms with Crippen molar-refractivity contribution in [2.24, 2.45) is 5.10 Å². The van der Waals surface area contributed by atoms with Crippen molar-refractivity contribution >= 4 is 23.0 Å². The summed E-state index contributed by atoms with van der Waals surface area (Å²) in [5.74, 6) is 0. The maximum absolute atomic E-state index is 5.32. The Morgan fingerprint density at radius 1 is 0.885 bits per heavy atom. The lowest BCUT2D eigenvalue weighted by atomic mass is 10.1. The molecule has 130 valence electrons. The summed E-state index contributed by atoms with van der Waals surface area (Å²) in [5, 5.41) is 8.08. The lowest BCUT2D eigenvalue weighted by Crippen LogP contribution is -2.34. The highest BCUT2D eigenvalue weighted by molar-refractivity contribution is 7.80. The summed E-state index contributed by atoms with van der Waals surface area (Å²) in [7, 11) is 0. The number of nitrogens with one attached hydrogen (secondary N) is 2. The Morgan fingerprint density at radius 2 is 1.62 bits per heavy atom. The van der Waals surface area contributed by atoms with E-state index in [4.69, 9.17) is 12.2 Å². The molecule has 0 radical (unpaired) electrons. The van der Waals surface area contributed by atoms with Gasteiger partial charge in [-0.1, -0.05) is 42.5 Å². The Labute approximate surface area is 158 Å². The van der Waals surface area contributed by atoms with Crippen LogP contribution in [0, 0.1) is 0 Å². The highest BCUT2D eigenvalue weighted by Gasteiger charge is 2.08. The van der Waals surface area contributed by atoms with Crippen molar-refractivity contribution in [2.45, 2.75) is 6.42 Å². The van der Waals surface area contributed by atoms with Crippen LogP contribution in [0.25, 0.3) is 0 Å². The lowest BCUT2D eigenvalue weighted by Gasteiger charge is -2.10. The summed E-state index contributed by atoms with van der Waals surface area (Å²) in [6, 6.07) is 21.5. The van der Waals surface area contributed by atoms with Gasteiger partial charge in [0.05, 0.1) is 5.69 Å². The molecule has 0 amide bonds. The quantitative estimate of drug-likeness (QED) is 0.402. The molecule has 1 aromatic carbocycles. The third-order valence-corrected chi connectivity index (χ3v) is 3.85. The minimum Gasteiger partial charge on any atom is -0.361 e. The van der Waals surface area contributed by atoms with Crippen molar-refractivity contribution < 1.29 is 0 Å². The van der Waals surface area contributed by atoms with Gasteiger partial charge in [0.25, 0.3) is 0 Å². The van der Waals surface area contributed by atoms with Crippen molar-refractivity contribution in [1.29, 1.82) is 0 Å². The number of benzene rings is 1. The molecule has 2 aromatic heterocycles. The molecular formula is C20H19N5S. The van der Waals surface area contributed by atoms with E-state index in [1.807, 2.05) is 66.7 Å². The number of aromatic nitrogens is 2. The number of rotatable bonds is 6. The molecular weight excluding hydrogens is 342 g/mol. The molecule has 26 heavy (non-hydrogen) atoms. The van der Waals surface area contributed by atoms with E-state index in [0.29, 0.717) is 11.7 Å². The first-order valence-corrected chi connectivity index (χ1v) is 8.72. The number of hydrogen-bond acceptors (Lipinski definition) is 4. The van der Waals surface area contributed by atoms with Gasteiger partial charge in [-0.3, -0.25) is 15.4 Å². The topological polar surface area (TPSA) is 62.2 Å². The van der Waals surface area contributed by atoms with Gasteiger partial charge < -0.3 is 5.32 Å². The van der Waals surface area contributed by atoms with Crippen LogP contribution >= 0.6 is 12.2 Å². The molecule has 0 bridgehead atoms. The Bertz CT molecular complexity index is 810. The average molecular weight is 361 g/mol. The summed E-state index contributed by atoms with van der Waals surface area (Å²) in [6.45, 7) is 0.683. The molecule has 0 saturated heterocycles. The fraction of sp³-hybridized carbons (Fsp3) is 0.100. The highest BCUT2D eigenvalue weighted by atomic mass is 32.1. The Balaban J connectivity index is 1.64. The summed E-state index contributed by atoms with van der Waals surface area (Å²) in [4.78, 5) is 8.68. The van der Waals surface area contributed by atoms with Crippen LogP contribution in [0.2, 0.25) is 0 Å². The van der Waals surface area contributed by atoms with Crippen LogP contribution in [-0.4, -0.2) is 27.3 Å². The van der Waals surface area contributed by atoms with Gasteiger partial charge in [0, 0.05) is 36.6 Å². The van der Waals surface area contributed by atoms with Gasteiger partial charge >= 0.3 is 0 Å². The number of hydrazone groups is 1. The third kappa shape index (κ3) is 5.19. The maximum atomic E-state index is 5.32. The average Bonchev–Trinajstić information content (AvgIpc) is 2.71. The second-order valence-corrected chi connectivity index (χ2v) is 5.89. The van der Waals surface area contributed by atoms with E-state index in [-0.39, 0.29) is 0 Å². The monoisotopic (exact) mass is 361 g/mol. The van der Waals surface area contributed by atoms with E-state index in [1.165, 1.54) is 0 Å². The van der Waals surface area contributed by atoms with Crippen LogP contribution in [0.4, 0.5) is 0 Å². The van der Waals surface area contributed by atoms with Crippen LogP contribution in [0.15, 0.2) is 84.2 Å². The van der Waals surface area contributed by atoms with E-state index < -0.39 is 0 Å². The van der Waals surface area contributed by atoms with Gasteiger partial charge in [-0.2, -0.15) is 5.10 Å². The predicted molar refractivity (Wildman–Crippen MR) is 108 cm³/mol. The Morgan fingerprint density at radius 3 is 2.31 bits per heavy atom. The molecule has 0 unspecified atom stereocenters. The summed E-state index contributed by atoms with van der Waals surface area (Å²) < 4.78 is 0. The van der Waals surface area contributed by atoms with Gasteiger partial charge in [-0.15, -0.1) is 0 Å². The zero-order valence-corrected chi connectivity index (χ0v) is 15.0. The zero-order chi connectivity index (χ0) is 18.0. The van der Waals surface area contributed by atoms with E-state index in [1.54, 1.807) is 12.4 Å². The molecule has 0 aliphatic heterocycles. The van der Waals surface area contributed by atoms with E-state index >= 15 is 0 Å². The van der Waals surface area contributed by atoms with Crippen molar-refractivity contribution in [1.82, 2.24) is 20.7 Å². The summed E-state index contributed by atoms with van der Waals surface area (Å²) in [6.07, 6.45) is 4.32. The molecule has 5 nitrogen and oxygen atoms in total. The number of hydrogen-bond donors (Lipinski definition) is 2. The zero-order valence-electron chi connectivity index (χ0n) is 14.2. The van der Waals surface area contributed by atoms with E-state index in [2.05, 4.69) is 25.8 Å². The standard InChI is InChI=1S/C20H19N5S/c26-20(23-15-12-17-10-4-6-13-21-17)25-24-19(16-8-2-1-3-9-16)18-11-5-7-14-22-18/h1-11,13-14H,12,15H2,(H2,23,25,26)/b24-19+. The number of thiocarbonyl (C=S) groups is 1. The predicted octanol–water partition coefficient (Wildman–Crippen LogP) is 2.94. The third-order valence-electron chi connectivity index (χ3n) is 3.62. The molecule has 0 spiro atoms. The number of pyridine rings is 2. The minimum atomic E-state index is 0.463. The van der Waals surface area contributed by atoms with Crippen LogP contribution in [0.3, 0.4) is 0 Å². The highest BCUT2D eigenvalue weighted by Crippen LogP contribution is 2.08. The molecule has 0 aliphatic carbocycles. The van der Waals surface area contributed by atoms with Crippen LogP contribution in [0.5, 0.6) is 0 Å².